The number of nitrogens with zero attached hydrogens (tertiary/aromatic N) is 1. The largest absolute Gasteiger partial charge is 0.439 e. The summed E-state index contributed by atoms with van der Waals surface area (Å²) in [6.45, 7) is 0. The maximum atomic E-state index is 12.9. The maximum Gasteiger partial charge on any atom is 0.262 e. The summed E-state index contributed by atoms with van der Waals surface area (Å²) in [5, 5.41) is 0. The Labute approximate surface area is 112 Å². The van der Waals surface area contributed by atoms with E-state index < -0.39 is 20.7 Å². The maximum absolute atomic E-state index is 12.9. The molecule has 100 valence electrons. The molecule has 0 amide bonds. The van der Waals surface area contributed by atoms with Crippen LogP contribution in [0.15, 0.2) is 41.4 Å². The number of ether oxygens (including phenoxy) is 1. The highest BCUT2D eigenvalue weighted by atomic mass is 35.7. The Morgan fingerprint density at radius 2 is 1.84 bits per heavy atom. The van der Waals surface area contributed by atoms with E-state index in [-0.39, 0.29) is 16.5 Å². The third-order valence-electron chi connectivity index (χ3n) is 2.10. The summed E-state index contributed by atoms with van der Waals surface area (Å²) in [6.07, 6.45) is 0.998. The fourth-order valence-electron chi connectivity index (χ4n) is 1.23. The Hall–Kier alpha value is -1.73. The van der Waals surface area contributed by atoms with Crippen molar-refractivity contribution in [2.24, 2.45) is 0 Å². The van der Waals surface area contributed by atoms with E-state index in [0.717, 1.165) is 18.3 Å². The van der Waals surface area contributed by atoms with Crippen molar-refractivity contribution in [3.05, 3.63) is 48.2 Å². The van der Waals surface area contributed by atoms with Crippen molar-refractivity contribution in [1.29, 1.82) is 0 Å². The van der Waals surface area contributed by atoms with Crippen molar-refractivity contribution in [2.45, 2.75) is 4.90 Å². The molecule has 0 bridgehead atoms. The summed E-state index contributed by atoms with van der Waals surface area (Å²) in [5.41, 5.74) is 0. The second kappa shape index (κ2) is 5.10. The van der Waals surface area contributed by atoms with Crippen LogP contribution in [-0.2, 0) is 9.05 Å². The highest BCUT2D eigenvalue weighted by Gasteiger charge is 2.11. The van der Waals surface area contributed by atoms with Crippen LogP contribution in [0.3, 0.4) is 0 Å². The molecular weight excluding hydrogens is 300 g/mol. The standard InChI is InChI=1S/C11H6ClF2NO3S/c12-19(16,17)8-2-4-11(15-6-8)18-7-1-3-9(13)10(14)5-7/h1-6H. The van der Waals surface area contributed by atoms with Crippen LogP contribution in [0.25, 0.3) is 0 Å². The van der Waals surface area contributed by atoms with E-state index >= 15 is 0 Å². The van der Waals surface area contributed by atoms with Gasteiger partial charge < -0.3 is 4.74 Å². The van der Waals surface area contributed by atoms with Crippen LogP contribution in [0.1, 0.15) is 0 Å². The first kappa shape index (κ1) is 13.7. The van der Waals surface area contributed by atoms with Crippen molar-refractivity contribution in [3.63, 3.8) is 0 Å². The van der Waals surface area contributed by atoms with E-state index in [1.54, 1.807) is 0 Å². The Morgan fingerprint density at radius 1 is 1.11 bits per heavy atom. The molecule has 1 heterocycles. The first-order valence-electron chi connectivity index (χ1n) is 4.90. The van der Waals surface area contributed by atoms with Gasteiger partial charge in [0.25, 0.3) is 9.05 Å². The quantitative estimate of drug-likeness (QED) is 0.818. The number of pyridine rings is 1. The van der Waals surface area contributed by atoms with Gasteiger partial charge >= 0.3 is 0 Å². The summed E-state index contributed by atoms with van der Waals surface area (Å²) >= 11 is 0. The fraction of sp³-hybridized carbons (Fsp3) is 0. The number of rotatable bonds is 3. The summed E-state index contributed by atoms with van der Waals surface area (Å²) in [4.78, 5) is 3.50. The van der Waals surface area contributed by atoms with Gasteiger partial charge in [0, 0.05) is 22.8 Å². The van der Waals surface area contributed by atoms with Crippen LogP contribution >= 0.6 is 10.7 Å². The van der Waals surface area contributed by atoms with E-state index in [1.807, 2.05) is 0 Å². The molecule has 0 fully saturated rings. The van der Waals surface area contributed by atoms with E-state index in [9.17, 15) is 17.2 Å². The average molecular weight is 306 g/mol. The number of hydrogen-bond donors (Lipinski definition) is 0. The summed E-state index contributed by atoms with van der Waals surface area (Å²) in [6, 6.07) is 5.40. The number of halogens is 3. The molecular formula is C11H6ClF2NO3S. The lowest BCUT2D eigenvalue weighted by atomic mass is 10.3. The fourth-order valence-corrected chi connectivity index (χ4v) is 1.92. The zero-order valence-electron chi connectivity index (χ0n) is 9.18. The van der Waals surface area contributed by atoms with Crippen molar-refractivity contribution >= 4 is 19.7 Å². The Balaban J connectivity index is 2.22. The zero-order chi connectivity index (χ0) is 14.0. The molecule has 0 unspecified atom stereocenters. The normalized spacial score (nSPS) is 11.3. The first-order chi connectivity index (χ1) is 8.86. The molecule has 0 radical (unpaired) electrons. The lowest BCUT2D eigenvalue weighted by Crippen LogP contribution is -1.94. The smallest absolute Gasteiger partial charge is 0.262 e. The minimum absolute atomic E-state index is 0.0232. The zero-order valence-corrected chi connectivity index (χ0v) is 10.8. The van der Waals surface area contributed by atoms with E-state index in [0.29, 0.717) is 0 Å². The SMILES string of the molecule is O=S(=O)(Cl)c1ccc(Oc2ccc(F)c(F)c2)nc1. The van der Waals surface area contributed by atoms with Gasteiger partial charge in [0.15, 0.2) is 11.6 Å². The molecule has 0 saturated carbocycles. The van der Waals surface area contributed by atoms with E-state index in [2.05, 4.69) is 4.98 Å². The van der Waals surface area contributed by atoms with Crippen LogP contribution in [0.4, 0.5) is 8.78 Å². The Bertz CT molecular complexity index is 704. The molecule has 0 saturated heterocycles. The second-order valence-electron chi connectivity index (χ2n) is 3.45. The van der Waals surface area contributed by atoms with Crippen LogP contribution < -0.4 is 4.74 Å². The lowest BCUT2D eigenvalue weighted by Gasteiger charge is -2.05. The van der Waals surface area contributed by atoms with Crippen molar-refractivity contribution < 1.29 is 21.9 Å². The molecule has 1 aromatic carbocycles. The highest BCUT2D eigenvalue weighted by molar-refractivity contribution is 8.13. The molecule has 2 aromatic rings. The molecule has 8 heteroatoms. The molecule has 0 aliphatic carbocycles. The second-order valence-corrected chi connectivity index (χ2v) is 6.01. The van der Waals surface area contributed by atoms with Gasteiger partial charge in [0.2, 0.25) is 5.88 Å². The molecule has 0 atom stereocenters. The monoisotopic (exact) mass is 305 g/mol. The van der Waals surface area contributed by atoms with Gasteiger partial charge in [-0.05, 0) is 18.2 Å². The van der Waals surface area contributed by atoms with Crippen LogP contribution in [0.5, 0.6) is 11.6 Å². The van der Waals surface area contributed by atoms with Gasteiger partial charge in [-0.1, -0.05) is 0 Å². The molecule has 0 aliphatic heterocycles. The predicted molar refractivity (Wildman–Crippen MR) is 63.7 cm³/mol. The lowest BCUT2D eigenvalue weighted by molar-refractivity contribution is 0.447. The summed E-state index contributed by atoms with van der Waals surface area (Å²) < 4.78 is 52.7. The topological polar surface area (TPSA) is 56.3 Å². The minimum atomic E-state index is -3.86. The van der Waals surface area contributed by atoms with Crippen LogP contribution in [-0.4, -0.2) is 13.4 Å². The molecule has 4 nitrogen and oxygen atoms in total. The van der Waals surface area contributed by atoms with Gasteiger partial charge in [-0.25, -0.2) is 22.2 Å². The molecule has 0 aliphatic rings. The molecule has 0 N–H and O–H groups in total. The van der Waals surface area contributed by atoms with Gasteiger partial charge in [-0.3, -0.25) is 0 Å². The third-order valence-corrected chi connectivity index (χ3v) is 3.44. The predicted octanol–water partition coefficient (Wildman–Crippen LogP) is 3.08. The molecule has 2 rings (SSSR count). The van der Waals surface area contributed by atoms with Gasteiger partial charge in [0.1, 0.15) is 10.6 Å². The number of benzene rings is 1. The van der Waals surface area contributed by atoms with Crippen molar-refractivity contribution in [2.75, 3.05) is 0 Å². The summed E-state index contributed by atoms with van der Waals surface area (Å²) in [7, 11) is 1.25. The van der Waals surface area contributed by atoms with Crippen molar-refractivity contribution in [1.82, 2.24) is 4.98 Å². The molecule has 1 aromatic heterocycles. The van der Waals surface area contributed by atoms with E-state index in [4.69, 9.17) is 15.4 Å². The first-order valence-corrected chi connectivity index (χ1v) is 7.21. The third kappa shape index (κ3) is 3.39. The Kier molecular flexibility index (Phi) is 3.68. The van der Waals surface area contributed by atoms with Gasteiger partial charge in [-0.15, -0.1) is 0 Å². The molecule has 19 heavy (non-hydrogen) atoms. The highest BCUT2D eigenvalue weighted by Crippen LogP contribution is 2.23. The Morgan fingerprint density at radius 3 is 2.37 bits per heavy atom. The van der Waals surface area contributed by atoms with E-state index in [1.165, 1.54) is 18.2 Å². The molecule has 0 spiro atoms. The van der Waals surface area contributed by atoms with Crippen molar-refractivity contribution in [3.8, 4) is 11.6 Å². The van der Waals surface area contributed by atoms with Gasteiger partial charge in [-0.2, -0.15) is 0 Å². The number of hydrogen-bond acceptors (Lipinski definition) is 4. The minimum Gasteiger partial charge on any atom is -0.439 e. The van der Waals surface area contributed by atoms with Crippen LogP contribution in [0, 0.1) is 11.6 Å². The van der Waals surface area contributed by atoms with Gasteiger partial charge in [0.05, 0.1) is 6.20 Å². The summed E-state index contributed by atoms with van der Waals surface area (Å²) in [5.74, 6) is -2.00. The number of aromatic nitrogens is 1. The average Bonchev–Trinajstić information content (AvgIpc) is 2.33. The van der Waals surface area contributed by atoms with Crippen LogP contribution in [0.2, 0.25) is 0 Å².